The fourth-order valence-electron chi connectivity index (χ4n) is 2.16. The average Bonchev–Trinajstić information content (AvgIpc) is 2.55. The number of rotatable bonds is 4. The van der Waals surface area contributed by atoms with Gasteiger partial charge < -0.3 is 0 Å². The summed E-state index contributed by atoms with van der Waals surface area (Å²) in [7, 11) is 0. The molecule has 0 aliphatic rings. The highest BCUT2D eigenvalue weighted by Gasteiger charge is 2.20. The van der Waals surface area contributed by atoms with E-state index in [1.807, 2.05) is 28.8 Å². The number of nitrogen functional groups attached to an aromatic ring is 1. The molecule has 0 radical (unpaired) electrons. The second kappa shape index (κ2) is 4.57. The molecule has 1 aromatic heterocycles. The molecule has 0 saturated heterocycles. The Morgan fingerprint density at radius 2 is 2.12 bits per heavy atom. The second-order valence-corrected chi connectivity index (χ2v) is 4.29. The van der Waals surface area contributed by atoms with Gasteiger partial charge >= 0.3 is 5.95 Å². The van der Waals surface area contributed by atoms with Crippen LogP contribution in [0.2, 0.25) is 0 Å². The Morgan fingerprint density at radius 3 is 2.76 bits per heavy atom. The van der Waals surface area contributed by atoms with E-state index in [4.69, 9.17) is 5.73 Å². The van der Waals surface area contributed by atoms with Gasteiger partial charge in [-0.3, -0.25) is 10.5 Å². The molecule has 1 aromatic carbocycles. The number of para-hydroxylation sites is 2. The first-order chi connectivity index (χ1) is 8.15. The molecule has 0 aliphatic carbocycles. The third-order valence-corrected chi connectivity index (χ3v) is 2.84. The van der Waals surface area contributed by atoms with E-state index in [-0.39, 0.29) is 5.78 Å². The molecule has 0 atom stereocenters. The van der Waals surface area contributed by atoms with Gasteiger partial charge in [-0.1, -0.05) is 19.1 Å². The number of hydrogen-bond donors (Lipinski definition) is 1. The number of anilines is 1. The molecule has 0 aliphatic heterocycles. The summed E-state index contributed by atoms with van der Waals surface area (Å²) in [5, 5.41) is 0. The minimum absolute atomic E-state index is 0.112. The van der Waals surface area contributed by atoms with Gasteiger partial charge in [0.15, 0.2) is 5.78 Å². The summed E-state index contributed by atoms with van der Waals surface area (Å²) in [5.41, 5.74) is 8.24. The minimum Gasteiger partial charge on any atom is -0.296 e. The van der Waals surface area contributed by atoms with Crippen molar-refractivity contribution in [2.75, 3.05) is 5.73 Å². The summed E-state index contributed by atoms with van der Waals surface area (Å²) in [6, 6.07) is 8.00. The molecule has 0 bridgehead atoms. The quantitative estimate of drug-likeness (QED) is 0.812. The number of carbonyl (C=O) groups excluding carboxylic acids is 1. The molecule has 0 amide bonds. The molecule has 0 fully saturated rings. The van der Waals surface area contributed by atoms with E-state index < -0.39 is 0 Å². The van der Waals surface area contributed by atoms with Crippen LogP contribution in [-0.2, 0) is 17.9 Å². The predicted octanol–water partition coefficient (Wildman–Crippen LogP) is 1.51. The molecule has 1 heterocycles. The number of fused-ring (bicyclic) bond motifs is 1. The Bertz CT molecular complexity index is 557. The van der Waals surface area contributed by atoms with Gasteiger partial charge in [0.05, 0.1) is 6.54 Å². The number of hydrogen-bond acceptors (Lipinski definition) is 2. The number of aromatic nitrogens is 2. The lowest BCUT2D eigenvalue weighted by molar-refractivity contribution is -0.644. The lowest BCUT2D eigenvalue weighted by Crippen LogP contribution is -2.39. The molecule has 17 heavy (non-hydrogen) atoms. The lowest BCUT2D eigenvalue weighted by atomic mass is 10.3. The van der Waals surface area contributed by atoms with Gasteiger partial charge in [0, 0.05) is 0 Å². The highest BCUT2D eigenvalue weighted by Crippen LogP contribution is 2.16. The van der Waals surface area contributed by atoms with Crippen LogP contribution in [0.5, 0.6) is 0 Å². The van der Waals surface area contributed by atoms with Gasteiger partial charge in [0.2, 0.25) is 0 Å². The number of carbonyl (C=O) groups is 1. The van der Waals surface area contributed by atoms with Gasteiger partial charge in [-0.05, 0) is 25.5 Å². The van der Waals surface area contributed by atoms with Crippen molar-refractivity contribution < 1.29 is 9.36 Å². The standard InChI is InChI=1S/C13H17N3O/c1-3-8-15-11-6-4-5-7-12(11)16(13(15)14)9-10(2)17/h4-7,14H,3,8-9H2,1-2H3/p+1. The number of benzene rings is 1. The normalized spacial score (nSPS) is 10.9. The summed E-state index contributed by atoms with van der Waals surface area (Å²) in [4.78, 5) is 11.3. The van der Waals surface area contributed by atoms with Crippen molar-refractivity contribution in [3.05, 3.63) is 24.3 Å². The molecule has 0 spiro atoms. The van der Waals surface area contributed by atoms with E-state index in [2.05, 4.69) is 11.5 Å². The van der Waals surface area contributed by atoms with Crippen LogP contribution in [0.15, 0.2) is 24.3 Å². The molecular weight excluding hydrogens is 214 g/mol. The molecular formula is C13H18N3O+. The molecule has 4 nitrogen and oxygen atoms in total. The maximum absolute atomic E-state index is 11.3. The van der Waals surface area contributed by atoms with E-state index in [1.165, 1.54) is 0 Å². The summed E-state index contributed by atoms with van der Waals surface area (Å²) in [6.45, 7) is 4.90. The van der Waals surface area contributed by atoms with Crippen molar-refractivity contribution in [3.63, 3.8) is 0 Å². The Labute approximate surface area is 101 Å². The van der Waals surface area contributed by atoms with Crippen LogP contribution in [0.25, 0.3) is 11.0 Å². The summed E-state index contributed by atoms with van der Waals surface area (Å²) >= 11 is 0. The van der Waals surface area contributed by atoms with Crippen LogP contribution in [0.4, 0.5) is 5.95 Å². The number of Topliss-reactive ketones (excluding diaryl/α,β-unsaturated/α-hetero) is 1. The zero-order valence-electron chi connectivity index (χ0n) is 10.3. The molecule has 4 heteroatoms. The van der Waals surface area contributed by atoms with Crippen LogP contribution in [0.3, 0.4) is 0 Å². The Balaban J connectivity index is 2.65. The second-order valence-electron chi connectivity index (χ2n) is 4.29. The first-order valence-electron chi connectivity index (χ1n) is 5.91. The van der Waals surface area contributed by atoms with Gasteiger partial charge in [0.1, 0.15) is 17.6 Å². The van der Waals surface area contributed by atoms with Crippen LogP contribution < -0.4 is 10.3 Å². The van der Waals surface area contributed by atoms with Crippen LogP contribution in [0.1, 0.15) is 20.3 Å². The fraction of sp³-hybridized carbons (Fsp3) is 0.385. The van der Waals surface area contributed by atoms with E-state index in [1.54, 1.807) is 6.92 Å². The van der Waals surface area contributed by atoms with Crippen molar-refractivity contribution in [2.45, 2.75) is 33.4 Å². The molecule has 0 saturated carbocycles. The summed E-state index contributed by atoms with van der Waals surface area (Å²) in [6.07, 6.45) is 1.02. The SMILES string of the molecule is CCCn1c(N)[n+](CC(C)=O)c2ccccc21. The highest BCUT2D eigenvalue weighted by molar-refractivity contribution is 5.77. The van der Waals surface area contributed by atoms with Crippen molar-refractivity contribution in [2.24, 2.45) is 0 Å². The predicted molar refractivity (Wildman–Crippen MR) is 67.5 cm³/mol. The minimum atomic E-state index is 0.112. The van der Waals surface area contributed by atoms with Crippen molar-refractivity contribution in [3.8, 4) is 0 Å². The largest absolute Gasteiger partial charge is 0.356 e. The van der Waals surface area contributed by atoms with Crippen molar-refractivity contribution in [1.82, 2.24) is 4.57 Å². The van der Waals surface area contributed by atoms with Crippen LogP contribution in [-0.4, -0.2) is 10.4 Å². The van der Waals surface area contributed by atoms with E-state index in [0.29, 0.717) is 12.5 Å². The van der Waals surface area contributed by atoms with Crippen molar-refractivity contribution >= 4 is 22.8 Å². The first-order valence-corrected chi connectivity index (χ1v) is 5.91. The Kier molecular flexibility index (Phi) is 3.13. The lowest BCUT2D eigenvalue weighted by Gasteiger charge is -1.98. The number of nitrogens with two attached hydrogens (primary N) is 1. The highest BCUT2D eigenvalue weighted by atomic mass is 16.1. The van der Waals surface area contributed by atoms with Gasteiger partial charge in [-0.15, -0.1) is 0 Å². The molecule has 2 aromatic rings. The van der Waals surface area contributed by atoms with E-state index >= 15 is 0 Å². The molecule has 0 unspecified atom stereocenters. The fourth-order valence-corrected chi connectivity index (χ4v) is 2.16. The number of ketones is 1. The zero-order chi connectivity index (χ0) is 12.4. The molecule has 90 valence electrons. The molecule has 2 rings (SSSR count). The average molecular weight is 232 g/mol. The third-order valence-electron chi connectivity index (χ3n) is 2.84. The van der Waals surface area contributed by atoms with E-state index in [9.17, 15) is 4.79 Å². The van der Waals surface area contributed by atoms with E-state index in [0.717, 1.165) is 24.0 Å². The number of aryl methyl sites for hydroxylation is 1. The first kappa shape index (κ1) is 11.6. The maximum Gasteiger partial charge on any atom is 0.356 e. The monoisotopic (exact) mass is 232 g/mol. The Morgan fingerprint density at radius 1 is 1.41 bits per heavy atom. The zero-order valence-corrected chi connectivity index (χ0v) is 10.3. The van der Waals surface area contributed by atoms with Crippen LogP contribution in [0, 0.1) is 0 Å². The van der Waals surface area contributed by atoms with Gasteiger partial charge in [-0.25, -0.2) is 9.13 Å². The molecule has 2 N–H and O–H groups in total. The van der Waals surface area contributed by atoms with Gasteiger partial charge in [-0.2, -0.15) is 0 Å². The van der Waals surface area contributed by atoms with Crippen molar-refractivity contribution in [1.29, 1.82) is 0 Å². The van der Waals surface area contributed by atoms with Gasteiger partial charge in [0.25, 0.3) is 0 Å². The summed E-state index contributed by atoms with van der Waals surface area (Å²) in [5.74, 6) is 0.768. The maximum atomic E-state index is 11.3. The number of nitrogens with zero attached hydrogens (tertiary/aromatic N) is 2. The summed E-state index contributed by atoms with van der Waals surface area (Å²) < 4.78 is 3.95. The smallest absolute Gasteiger partial charge is 0.296 e. The third kappa shape index (κ3) is 2.02. The Hall–Kier alpha value is -1.84. The topological polar surface area (TPSA) is 51.9 Å². The van der Waals surface area contributed by atoms with Crippen LogP contribution >= 0.6 is 0 Å². The number of imidazole rings is 1.